The number of nitrogens with zero attached hydrogens (tertiary/aromatic N) is 1. The molecular weight excluding hydrogens is 1120 g/mol. The molecule has 0 bridgehead atoms. The van der Waals surface area contributed by atoms with Crippen LogP contribution in [0.25, 0.3) is 0 Å². The molecule has 6 aromatic rings. The summed E-state index contributed by atoms with van der Waals surface area (Å²) in [7, 11) is -3.48. The minimum Gasteiger partial charge on any atom is 0 e. The summed E-state index contributed by atoms with van der Waals surface area (Å²) in [5.74, 6) is 2.06. The van der Waals surface area contributed by atoms with Crippen molar-refractivity contribution in [2.24, 2.45) is 4.52 Å². The summed E-state index contributed by atoms with van der Waals surface area (Å²) in [6.07, 6.45) is 0. The average Bonchev–Trinajstić information content (AvgIpc) is 3.22. The molecule has 1 radical (unpaired) electrons. The molecule has 0 unspecified atom stereocenters. The molecule has 0 spiro atoms. The second-order valence-corrected chi connectivity index (χ2v) is 25.5. The first-order valence-electron chi connectivity index (χ1n) is 16.0. The van der Waals surface area contributed by atoms with Gasteiger partial charge in [-0.05, 0) is 53.4 Å². The molecule has 303 valence electrons. The number of hydrogen-bond acceptors (Lipinski definition) is 3. The summed E-state index contributed by atoms with van der Waals surface area (Å²) >= 11 is -4.81. The van der Waals surface area contributed by atoms with E-state index in [1.54, 1.807) is 0 Å². The largest absolute Gasteiger partial charge is 0 e. The van der Waals surface area contributed by atoms with Crippen molar-refractivity contribution in [1.29, 1.82) is 0 Å². The van der Waals surface area contributed by atoms with Crippen LogP contribution in [-0.4, -0.2) is 25.4 Å². The van der Waals surface area contributed by atoms with Crippen molar-refractivity contribution in [1.82, 2.24) is 0 Å². The predicted octanol–water partition coefficient (Wildman–Crippen LogP) is 11.3. The van der Waals surface area contributed by atoms with E-state index >= 15 is 0 Å². The minimum atomic E-state index is -11.2. The maximum absolute atomic E-state index is 11.2. The summed E-state index contributed by atoms with van der Waals surface area (Å²) in [5, 5.41) is 4.88. The van der Waals surface area contributed by atoms with Crippen LogP contribution in [0.2, 0.25) is 0 Å². The van der Waals surface area contributed by atoms with Gasteiger partial charge in [-0.3, -0.25) is 0 Å². The van der Waals surface area contributed by atoms with E-state index in [0.29, 0.717) is 11.5 Å². The Morgan fingerprint density at radius 1 is 0.483 bits per heavy atom. The van der Waals surface area contributed by atoms with Crippen LogP contribution in [0.3, 0.4) is 0 Å². The molecule has 0 N–H and O–H groups in total. The predicted molar refractivity (Wildman–Crippen MR) is 218 cm³/mol. The van der Waals surface area contributed by atoms with Crippen molar-refractivity contribution in [3.05, 3.63) is 202 Å². The maximum Gasteiger partial charge on any atom is 0 e. The summed E-state index contributed by atoms with van der Waals surface area (Å²) in [6, 6.07) is 62.2. The smallest absolute Gasteiger partial charge is 0 e. The molecule has 6 aromatic carbocycles. The van der Waals surface area contributed by atoms with Gasteiger partial charge >= 0.3 is 76.9 Å². The van der Waals surface area contributed by atoms with Crippen LogP contribution in [0, 0.1) is 20.0 Å². The van der Waals surface area contributed by atoms with Gasteiger partial charge in [0.25, 0.3) is 0 Å². The van der Waals surface area contributed by atoms with Crippen LogP contribution in [0.4, 0.5) is 16.9 Å². The number of halogens is 6. The van der Waals surface area contributed by atoms with Gasteiger partial charge < -0.3 is 9.05 Å². The third-order valence-electron chi connectivity index (χ3n) is 7.04. The average molecular weight is 1150 g/mol. The Morgan fingerprint density at radius 2 is 0.724 bits per heavy atom. The Balaban J connectivity index is 0.00000106. The summed E-state index contributed by atoms with van der Waals surface area (Å²) in [4.78, 5) is 0. The Morgan fingerprint density at radius 3 is 1.00 bits per heavy atom. The van der Waals surface area contributed by atoms with Gasteiger partial charge in [0.05, 0.1) is 0 Å². The summed E-state index contributed by atoms with van der Waals surface area (Å²) < 4.78 is 101. The maximum atomic E-state index is 9.93. The van der Waals surface area contributed by atoms with Gasteiger partial charge in [0.2, 0.25) is 0 Å². The van der Waals surface area contributed by atoms with Crippen LogP contribution >= 0.6 is 21.6 Å². The molecule has 0 heterocycles. The molecule has 0 fully saturated rings. The van der Waals surface area contributed by atoms with E-state index in [9.17, 15) is 16.9 Å². The van der Waals surface area contributed by atoms with E-state index in [1.165, 1.54) is 10.6 Å². The van der Waals surface area contributed by atoms with Gasteiger partial charge in [-0.1, -0.05) is 158 Å². The molecule has 18 heteroatoms. The number of hydrogen-bond donors (Lipinski definition) is 0. The topological polar surface area (TPSA) is 90.5 Å². The van der Waals surface area contributed by atoms with Gasteiger partial charge in [-0.15, -0.1) is 0 Å². The van der Waals surface area contributed by atoms with E-state index in [2.05, 4.69) is 141 Å². The Kier molecular flexibility index (Phi) is 21.7. The molecule has 0 saturated carbocycles. The molecule has 0 atom stereocenters. The van der Waals surface area contributed by atoms with E-state index in [4.69, 9.17) is 39.3 Å². The third kappa shape index (κ3) is 19.1. The molecule has 6 rings (SSSR count). The molecule has 0 aromatic heterocycles. The van der Waals surface area contributed by atoms with Gasteiger partial charge in [0.1, 0.15) is 11.5 Å². The fraction of sp³-hybridized carbons (Fsp3) is 0.0250. The zero-order valence-electron chi connectivity index (χ0n) is 29.9. The fourth-order valence-corrected chi connectivity index (χ4v) is 18.0. The monoisotopic (exact) mass is 1150 g/mol. The van der Waals surface area contributed by atoms with Crippen molar-refractivity contribution in [2.75, 3.05) is 5.90 Å². The number of benzene rings is 6. The fourth-order valence-electron chi connectivity index (χ4n) is 5.00. The first kappa shape index (κ1) is 52.5. The van der Waals surface area contributed by atoms with Crippen molar-refractivity contribution in [3.8, 4) is 11.5 Å². The van der Waals surface area contributed by atoms with E-state index < -0.39 is 41.1 Å². The van der Waals surface area contributed by atoms with Crippen LogP contribution in [0.15, 0.2) is 187 Å². The number of rotatable bonds is 11. The second-order valence-electron chi connectivity index (χ2n) is 11.0. The summed E-state index contributed by atoms with van der Waals surface area (Å²) in [5.41, 5.74) is 0. The van der Waals surface area contributed by atoms with Crippen molar-refractivity contribution < 1.29 is 60.3 Å². The van der Waals surface area contributed by atoms with Crippen molar-refractivity contribution >= 4 is 74.1 Å². The first-order valence-corrected chi connectivity index (χ1v) is 27.8. The van der Waals surface area contributed by atoms with Crippen LogP contribution in [0.5, 0.6) is 11.5 Å². The second kappa shape index (κ2) is 23.9. The molecule has 0 aliphatic heterocycles. The molecule has 0 aliphatic rings. The Labute approximate surface area is 355 Å². The molecule has 58 heavy (non-hydrogen) atoms. The first-order chi connectivity index (χ1) is 27.1. The van der Waals surface area contributed by atoms with Crippen molar-refractivity contribution in [2.45, 2.75) is 0 Å². The van der Waals surface area contributed by atoms with E-state index in [0.717, 1.165) is 16.5 Å². The zero-order chi connectivity index (χ0) is 42.5. The normalized spacial score (nSPS) is 11.7. The molecule has 0 amide bonds. The summed E-state index contributed by atoms with van der Waals surface area (Å²) in [6.45, 7) is 10.2. The van der Waals surface area contributed by atoms with Crippen molar-refractivity contribution in [3.63, 3.8) is 0 Å². The standard InChI is InChI=1S/C37H32NO2P3S.3CO.6FH.Re.Sb/c44-43(39-32-19-7-1-8-20-32,40-33-21-9-2-10-22-33)38-42(36-27-15-5-16-28-36,37-29-17-6-18-30-37)31-41(34-23-11-3-12-24-34)35-25-13-4-14-26-35;3*1-2;;;;;;;;/h1-30H,31H2;;;;6*1H;;/q;;;;;;;;;;;+5/p-6. The van der Waals surface area contributed by atoms with Gasteiger partial charge in [0.15, 0.2) is 0 Å². The zero-order valence-corrected chi connectivity index (χ0v) is 38.6. The number of para-hydroxylation sites is 2. The van der Waals surface area contributed by atoms with Gasteiger partial charge in [-0.2, -0.15) is 4.52 Å². The molecular formula is C40H32F6NO5P3ReSSb-. The minimum absolute atomic E-state index is 0. The molecule has 0 saturated heterocycles. The van der Waals surface area contributed by atoms with Gasteiger partial charge in [-0.25, -0.2) is 0 Å². The SMILES string of the molecule is S=P(N=P(CP(c1ccccc1)c1ccccc1)(c1ccccc1)c1ccccc1)(Oc1ccccc1)Oc1ccccc1.[C-]#[O+].[C-]#[O+].[C-]#[O+].[F][Sb-]([F])([F])([F])([F])[F].[Re]. The van der Waals surface area contributed by atoms with Crippen LogP contribution in [-0.2, 0) is 46.2 Å². The quantitative estimate of drug-likeness (QED) is 0.0425. The van der Waals surface area contributed by atoms with E-state index in [-0.39, 0.29) is 20.4 Å². The molecule has 6 nitrogen and oxygen atoms in total. The Hall–Kier alpha value is -3.49. The van der Waals surface area contributed by atoms with Crippen LogP contribution in [0.1, 0.15) is 0 Å². The third-order valence-corrected chi connectivity index (χ3v) is 18.0. The Bertz CT molecular complexity index is 2120. The van der Waals surface area contributed by atoms with Crippen LogP contribution < -0.4 is 30.3 Å². The molecule has 0 aliphatic carbocycles. The van der Waals surface area contributed by atoms with Gasteiger partial charge in [0, 0.05) is 45.2 Å². The van der Waals surface area contributed by atoms with E-state index in [1.807, 2.05) is 60.7 Å².